The predicted octanol–water partition coefficient (Wildman–Crippen LogP) is 7.95. The zero-order valence-corrected chi connectivity index (χ0v) is 36.3. The maximum absolute atomic E-state index is 12.0. The first-order valence-electron chi connectivity index (χ1n) is 22.3. The Hall–Kier alpha value is -5.12. The summed E-state index contributed by atoms with van der Waals surface area (Å²) < 4.78 is 59.1. The summed E-state index contributed by atoms with van der Waals surface area (Å²) in [4.78, 5) is 0. The van der Waals surface area contributed by atoms with Crippen LogP contribution in [0.1, 0.15) is 33.4 Å². The highest BCUT2D eigenvalue weighted by Crippen LogP contribution is 2.33. The highest BCUT2D eigenvalue weighted by molar-refractivity contribution is 5.18. The van der Waals surface area contributed by atoms with Gasteiger partial charge in [-0.25, -0.2) is 0 Å². The third-order valence-electron chi connectivity index (χ3n) is 11.5. The summed E-state index contributed by atoms with van der Waals surface area (Å²) in [5.74, 6) is 0. The molecule has 0 spiro atoms. The third-order valence-corrected chi connectivity index (χ3v) is 11.5. The van der Waals surface area contributed by atoms with Crippen LogP contribution in [0.2, 0.25) is 0 Å². The van der Waals surface area contributed by atoms with E-state index >= 15 is 0 Å². The Balaban J connectivity index is 1.07. The normalized spacial score (nSPS) is 25.6. The summed E-state index contributed by atoms with van der Waals surface area (Å²) in [5, 5.41) is 23.6. The number of hydrogen-bond donors (Lipinski definition) is 2. The van der Waals surface area contributed by atoms with E-state index in [0.717, 1.165) is 33.4 Å². The highest BCUT2D eigenvalue weighted by Gasteiger charge is 2.51. The largest absolute Gasteiger partial charge is 0.387 e. The molecule has 0 radical (unpaired) electrons. The minimum atomic E-state index is -1.45. The molecule has 11 nitrogen and oxygen atoms in total. The SMILES string of the molecule is O[C@@H]1[C@H](OCc2ccccc2)[C@@H](OCc2ccccc2)[C@@H](O)O[C@@H]1CO[C@@H]1O[C@H](COCc2ccccc2)[C@@H](OCc2ccccc2)[C@H](OCc2ccccc2)[C@H]1OCc1ccccc1. The number of benzene rings is 6. The summed E-state index contributed by atoms with van der Waals surface area (Å²) in [6.45, 7) is 1.39. The first-order valence-corrected chi connectivity index (χ1v) is 22.3. The Bertz CT molecular complexity index is 2210. The van der Waals surface area contributed by atoms with E-state index in [2.05, 4.69) is 0 Å². The van der Waals surface area contributed by atoms with Crippen LogP contribution in [-0.2, 0) is 82.3 Å². The molecular formula is C54H58O11. The summed E-state index contributed by atoms with van der Waals surface area (Å²) in [5.41, 5.74) is 5.70. The maximum atomic E-state index is 12.0. The molecule has 0 unspecified atom stereocenters. The number of rotatable bonds is 22. The van der Waals surface area contributed by atoms with Gasteiger partial charge in [-0.1, -0.05) is 182 Å². The van der Waals surface area contributed by atoms with Gasteiger partial charge in [-0.05, 0) is 33.4 Å². The number of hydrogen-bond acceptors (Lipinski definition) is 11. The van der Waals surface area contributed by atoms with E-state index in [1.165, 1.54) is 0 Å². The molecule has 6 aromatic carbocycles. The first kappa shape index (κ1) is 46.4. The van der Waals surface area contributed by atoms with Gasteiger partial charge in [-0.3, -0.25) is 0 Å². The zero-order chi connectivity index (χ0) is 44.5. The molecule has 2 fully saturated rings. The molecule has 0 bridgehead atoms. The molecule has 65 heavy (non-hydrogen) atoms. The van der Waals surface area contributed by atoms with Gasteiger partial charge in [0.05, 0.1) is 52.9 Å². The number of ether oxygens (including phenoxy) is 9. The van der Waals surface area contributed by atoms with Gasteiger partial charge in [-0.2, -0.15) is 0 Å². The van der Waals surface area contributed by atoms with Crippen molar-refractivity contribution in [2.45, 2.75) is 101 Å². The van der Waals surface area contributed by atoms with Gasteiger partial charge in [-0.15, -0.1) is 0 Å². The fourth-order valence-electron chi connectivity index (χ4n) is 8.02. The minimum Gasteiger partial charge on any atom is -0.387 e. The van der Waals surface area contributed by atoms with Crippen molar-refractivity contribution in [1.29, 1.82) is 0 Å². The van der Waals surface area contributed by atoms with Crippen LogP contribution < -0.4 is 0 Å². The van der Waals surface area contributed by atoms with E-state index in [9.17, 15) is 10.2 Å². The molecule has 2 aliphatic rings. The molecule has 340 valence electrons. The van der Waals surface area contributed by atoms with E-state index in [1.54, 1.807) is 0 Å². The van der Waals surface area contributed by atoms with E-state index in [-0.39, 0.29) is 46.2 Å². The van der Waals surface area contributed by atoms with Crippen molar-refractivity contribution in [1.82, 2.24) is 0 Å². The van der Waals surface area contributed by atoms with Crippen LogP contribution in [0.5, 0.6) is 0 Å². The Labute approximate surface area is 381 Å². The van der Waals surface area contributed by atoms with Crippen molar-refractivity contribution in [3.05, 3.63) is 215 Å². The van der Waals surface area contributed by atoms with Gasteiger partial charge in [0.2, 0.25) is 0 Å². The summed E-state index contributed by atoms with van der Waals surface area (Å²) in [7, 11) is 0. The molecule has 2 saturated heterocycles. The maximum Gasteiger partial charge on any atom is 0.187 e. The van der Waals surface area contributed by atoms with Crippen molar-refractivity contribution in [3.63, 3.8) is 0 Å². The lowest BCUT2D eigenvalue weighted by atomic mass is 9.97. The van der Waals surface area contributed by atoms with Crippen LogP contribution in [-0.4, -0.2) is 84.8 Å². The number of aliphatic hydroxyl groups is 2. The van der Waals surface area contributed by atoms with Gasteiger partial charge >= 0.3 is 0 Å². The quantitative estimate of drug-likeness (QED) is 0.0691. The molecular weight excluding hydrogens is 825 g/mol. The molecule has 6 aromatic rings. The summed E-state index contributed by atoms with van der Waals surface area (Å²) >= 11 is 0. The standard InChI is InChI=1S/C54H58O11/c55-47-45(64-53(56)51(61-35-43-27-15-5-16-28-43)49(47)59-33-41-23-11-3-12-24-41)38-63-54-52(62-36-44-29-17-6-18-30-44)50(60-34-42-25-13-4-14-26-42)48(58-32-40-21-9-2-10-22-40)46(65-54)37-57-31-39-19-7-1-8-20-39/h1-30,45-56H,31-38H2/t45-,46-,47+,48-,49+,50+,51-,52-,53+,54-/m1/s1. The Morgan fingerprint density at radius 3 is 1.11 bits per heavy atom. The zero-order valence-electron chi connectivity index (χ0n) is 36.3. The highest BCUT2D eigenvalue weighted by atomic mass is 16.7. The lowest BCUT2D eigenvalue weighted by molar-refractivity contribution is -0.346. The van der Waals surface area contributed by atoms with Crippen LogP contribution in [0.25, 0.3) is 0 Å². The average molecular weight is 883 g/mol. The lowest BCUT2D eigenvalue weighted by Gasteiger charge is -2.47. The number of aliphatic hydroxyl groups excluding tert-OH is 2. The van der Waals surface area contributed by atoms with Gasteiger partial charge < -0.3 is 52.8 Å². The minimum absolute atomic E-state index is 0.141. The molecule has 0 aliphatic carbocycles. The van der Waals surface area contributed by atoms with Gasteiger partial charge in [0.25, 0.3) is 0 Å². The topological polar surface area (TPSA) is 124 Å². The van der Waals surface area contributed by atoms with Crippen molar-refractivity contribution in [2.75, 3.05) is 13.2 Å². The second-order valence-corrected chi connectivity index (χ2v) is 16.2. The fraction of sp³-hybridized carbons (Fsp3) is 0.333. The van der Waals surface area contributed by atoms with Crippen molar-refractivity contribution in [3.8, 4) is 0 Å². The fourth-order valence-corrected chi connectivity index (χ4v) is 8.02. The second-order valence-electron chi connectivity index (χ2n) is 16.2. The van der Waals surface area contributed by atoms with Gasteiger partial charge in [0.1, 0.15) is 48.8 Å². The van der Waals surface area contributed by atoms with E-state index in [0.29, 0.717) is 6.61 Å². The summed E-state index contributed by atoms with van der Waals surface area (Å²) in [6.07, 6.45) is -9.77. The summed E-state index contributed by atoms with van der Waals surface area (Å²) in [6, 6.07) is 58.9. The van der Waals surface area contributed by atoms with Crippen molar-refractivity contribution in [2.24, 2.45) is 0 Å². The predicted molar refractivity (Wildman–Crippen MR) is 243 cm³/mol. The Morgan fingerprint density at radius 2 is 0.677 bits per heavy atom. The van der Waals surface area contributed by atoms with Crippen molar-refractivity contribution < 1.29 is 52.8 Å². The van der Waals surface area contributed by atoms with Crippen LogP contribution in [0, 0.1) is 0 Å². The van der Waals surface area contributed by atoms with Crippen LogP contribution in [0.4, 0.5) is 0 Å². The second kappa shape index (κ2) is 24.4. The molecule has 0 amide bonds. The molecule has 2 heterocycles. The molecule has 10 atom stereocenters. The van der Waals surface area contributed by atoms with Gasteiger partial charge in [0, 0.05) is 0 Å². The van der Waals surface area contributed by atoms with E-state index in [1.807, 2.05) is 182 Å². The lowest BCUT2D eigenvalue weighted by Crippen LogP contribution is -2.63. The first-order chi connectivity index (χ1) is 32.1. The van der Waals surface area contributed by atoms with Crippen molar-refractivity contribution >= 4 is 0 Å². The molecule has 2 aliphatic heterocycles. The van der Waals surface area contributed by atoms with Gasteiger partial charge in [0.15, 0.2) is 12.6 Å². The molecule has 11 heteroatoms. The molecule has 0 saturated carbocycles. The van der Waals surface area contributed by atoms with Crippen LogP contribution >= 0.6 is 0 Å². The Kier molecular flexibility index (Phi) is 17.4. The third kappa shape index (κ3) is 13.5. The molecule has 2 N–H and O–H groups in total. The van der Waals surface area contributed by atoms with E-state index in [4.69, 9.17) is 42.6 Å². The van der Waals surface area contributed by atoms with Crippen LogP contribution in [0.15, 0.2) is 182 Å². The average Bonchev–Trinajstić information content (AvgIpc) is 3.36. The Morgan fingerprint density at radius 1 is 0.323 bits per heavy atom. The smallest absolute Gasteiger partial charge is 0.187 e. The van der Waals surface area contributed by atoms with E-state index < -0.39 is 61.4 Å². The molecule has 0 aromatic heterocycles. The molecule has 8 rings (SSSR count). The monoisotopic (exact) mass is 882 g/mol. The van der Waals surface area contributed by atoms with Crippen LogP contribution in [0.3, 0.4) is 0 Å².